The molecule has 0 saturated carbocycles. The van der Waals surface area contributed by atoms with Gasteiger partial charge in [-0.05, 0) is 26.8 Å². The highest BCUT2D eigenvalue weighted by molar-refractivity contribution is 5.84. The van der Waals surface area contributed by atoms with Crippen molar-refractivity contribution in [3.05, 3.63) is 30.4 Å². The van der Waals surface area contributed by atoms with Crippen LogP contribution in [0.5, 0.6) is 0 Å². The van der Waals surface area contributed by atoms with Crippen molar-refractivity contribution in [2.24, 2.45) is 0 Å². The van der Waals surface area contributed by atoms with Gasteiger partial charge in [0.05, 0.1) is 17.6 Å². The molecule has 0 spiro atoms. The standard InChI is InChI=1S/C12H15FN2O2/c1-5-10-9(13)6-8(7-14-10)15-11(16)17-12(2,3)4/h5-7H,1H2,2-4H3,(H,15,16). The molecule has 0 bridgehead atoms. The van der Waals surface area contributed by atoms with Crippen LogP contribution in [-0.4, -0.2) is 16.7 Å². The van der Waals surface area contributed by atoms with Crippen LogP contribution in [0.3, 0.4) is 0 Å². The van der Waals surface area contributed by atoms with Crippen molar-refractivity contribution in [2.45, 2.75) is 26.4 Å². The largest absolute Gasteiger partial charge is 0.444 e. The van der Waals surface area contributed by atoms with E-state index in [4.69, 9.17) is 4.74 Å². The lowest BCUT2D eigenvalue weighted by molar-refractivity contribution is 0.0636. The van der Waals surface area contributed by atoms with Crippen LogP contribution in [0, 0.1) is 5.82 Å². The predicted octanol–water partition coefficient (Wildman–Crippen LogP) is 3.21. The first-order chi connectivity index (χ1) is 7.81. The van der Waals surface area contributed by atoms with Gasteiger partial charge in [0.2, 0.25) is 0 Å². The second-order valence-electron chi connectivity index (χ2n) is 4.42. The minimum absolute atomic E-state index is 0.139. The zero-order valence-electron chi connectivity index (χ0n) is 10.1. The Morgan fingerprint density at radius 1 is 1.59 bits per heavy atom. The second kappa shape index (κ2) is 4.95. The van der Waals surface area contributed by atoms with Gasteiger partial charge in [-0.1, -0.05) is 6.58 Å². The third-order valence-corrected chi connectivity index (χ3v) is 1.71. The van der Waals surface area contributed by atoms with E-state index in [9.17, 15) is 9.18 Å². The van der Waals surface area contributed by atoms with Crippen LogP contribution in [0.4, 0.5) is 14.9 Å². The maximum absolute atomic E-state index is 13.3. The normalized spacial score (nSPS) is 10.8. The summed E-state index contributed by atoms with van der Waals surface area (Å²) in [6, 6.07) is 1.16. The fourth-order valence-corrected chi connectivity index (χ4v) is 1.09. The quantitative estimate of drug-likeness (QED) is 0.860. The van der Waals surface area contributed by atoms with Crippen LogP contribution in [0.15, 0.2) is 18.8 Å². The molecule has 5 heteroatoms. The lowest BCUT2D eigenvalue weighted by Gasteiger charge is -2.19. The first-order valence-corrected chi connectivity index (χ1v) is 5.10. The fraction of sp³-hybridized carbons (Fsp3) is 0.333. The summed E-state index contributed by atoms with van der Waals surface area (Å²) in [5, 5.41) is 2.39. The molecule has 1 aromatic rings. The average Bonchev–Trinajstić information content (AvgIpc) is 2.14. The minimum atomic E-state index is -0.648. The van der Waals surface area contributed by atoms with Gasteiger partial charge in [0.15, 0.2) is 5.82 Å². The van der Waals surface area contributed by atoms with Gasteiger partial charge in [-0.15, -0.1) is 0 Å². The Morgan fingerprint density at radius 3 is 2.71 bits per heavy atom. The Balaban J connectivity index is 2.73. The molecule has 1 rings (SSSR count). The van der Waals surface area contributed by atoms with Gasteiger partial charge in [0, 0.05) is 6.07 Å². The molecule has 0 aliphatic carbocycles. The Kier molecular flexibility index (Phi) is 3.83. The maximum atomic E-state index is 13.3. The number of carbonyl (C=O) groups excluding carboxylic acids is 1. The van der Waals surface area contributed by atoms with Crippen molar-refractivity contribution in [2.75, 3.05) is 5.32 Å². The van der Waals surface area contributed by atoms with Crippen molar-refractivity contribution in [1.29, 1.82) is 0 Å². The van der Waals surface area contributed by atoms with Gasteiger partial charge in [-0.3, -0.25) is 10.3 Å². The summed E-state index contributed by atoms with van der Waals surface area (Å²) in [5.74, 6) is -0.548. The maximum Gasteiger partial charge on any atom is 0.412 e. The summed E-state index contributed by atoms with van der Waals surface area (Å²) in [7, 11) is 0. The average molecular weight is 238 g/mol. The lowest BCUT2D eigenvalue weighted by Crippen LogP contribution is -2.27. The van der Waals surface area contributed by atoms with E-state index in [-0.39, 0.29) is 11.4 Å². The highest BCUT2D eigenvalue weighted by Gasteiger charge is 2.16. The van der Waals surface area contributed by atoms with Crippen LogP contribution in [0.25, 0.3) is 6.08 Å². The Bertz CT molecular complexity index is 439. The summed E-state index contributed by atoms with van der Waals surface area (Å²) in [4.78, 5) is 15.2. The number of rotatable bonds is 2. The van der Waals surface area contributed by atoms with Crippen LogP contribution in [0.1, 0.15) is 26.5 Å². The summed E-state index contributed by atoms with van der Waals surface area (Å²) < 4.78 is 18.3. The molecule has 1 heterocycles. The van der Waals surface area contributed by atoms with Gasteiger partial charge in [0.1, 0.15) is 5.60 Å². The zero-order valence-corrected chi connectivity index (χ0v) is 10.1. The molecule has 0 aromatic carbocycles. The summed E-state index contributed by atoms with van der Waals surface area (Å²) >= 11 is 0. The van der Waals surface area contributed by atoms with E-state index in [0.717, 1.165) is 6.07 Å². The first kappa shape index (κ1) is 13.2. The van der Waals surface area contributed by atoms with Gasteiger partial charge < -0.3 is 4.74 Å². The Morgan fingerprint density at radius 2 is 2.24 bits per heavy atom. The molecule has 0 aliphatic heterocycles. The molecule has 0 saturated heterocycles. The number of hydrogen-bond acceptors (Lipinski definition) is 3. The van der Waals surface area contributed by atoms with Gasteiger partial charge in [0.25, 0.3) is 0 Å². The summed E-state index contributed by atoms with van der Waals surface area (Å²) in [5.41, 5.74) is -0.223. The number of carbonyl (C=O) groups is 1. The number of aromatic nitrogens is 1. The zero-order chi connectivity index (χ0) is 13.1. The molecular weight excluding hydrogens is 223 g/mol. The van der Waals surface area contributed by atoms with E-state index in [0.29, 0.717) is 0 Å². The second-order valence-corrected chi connectivity index (χ2v) is 4.42. The smallest absolute Gasteiger partial charge is 0.412 e. The summed E-state index contributed by atoms with van der Waals surface area (Å²) in [6.45, 7) is 8.64. The number of nitrogens with zero attached hydrogens (tertiary/aromatic N) is 1. The van der Waals surface area contributed by atoms with Crippen molar-refractivity contribution >= 4 is 17.9 Å². The van der Waals surface area contributed by atoms with E-state index in [1.807, 2.05) is 0 Å². The van der Waals surface area contributed by atoms with Gasteiger partial charge in [-0.2, -0.15) is 0 Å². The van der Waals surface area contributed by atoms with Crippen LogP contribution in [-0.2, 0) is 4.74 Å². The van der Waals surface area contributed by atoms with E-state index >= 15 is 0 Å². The van der Waals surface area contributed by atoms with E-state index in [2.05, 4.69) is 16.9 Å². The Hall–Kier alpha value is -1.91. The highest BCUT2D eigenvalue weighted by Crippen LogP contribution is 2.14. The predicted molar refractivity (Wildman–Crippen MR) is 64.1 cm³/mol. The lowest BCUT2D eigenvalue weighted by atomic mass is 10.2. The SMILES string of the molecule is C=Cc1ncc(NC(=O)OC(C)(C)C)cc1F. The number of amides is 1. The highest BCUT2D eigenvalue weighted by atomic mass is 19.1. The number of ether oxygens (including phenoxy) is 1. The third-order valence-electron chi connectivity index (χ3n) is 1.71. The molecule has 0 aliphatic rings. The van der Waals surface area contributed by atoms with Crippen molar-refractivity contribution in [1.82, 2.24) is 4.98 Å². The first-order valence-electron chi connectivity index (χ1n) is 5.10. The number of nitrogens with one attached hydrogen (secondary N) is 1. The molecule has 92 valence electrons. The monoisotopic (exact) mass is 238 g/mol. The molecule has 4 nitrogen and oxygen atoms in total. The van der Waals surface area contributed by atoms with Crippen molar-refractivity contribution in [3.8, 4) is 0 Å². The topological polar surface area (TPSA) is 51.2 Å². The molecule has 1 N–H and O–H groups in total. The summed E-state index contributed by atoms with van der Waals surface area (Å²) in [6.07, 6.45) is 1.99. The molecule has 17 heavy (non-hydrogen) atoms. The molecule has 0 atom stereocenters. The Labute approximate surface area is 99.5 Å². The molecule has 0 fully saturated rings. The number of halogens is 1. The van der Waals surface area contributed by atoms with Crippen molar-refractivity contribution < 1.29 is 13.9 Å². The van der Waals surface area contributed by atoms with Crippen LogP contribution < -0.4 is 5.32 Å². The molecule has 1 amide bonds. The molecule has 1 aromatic heterocycles. The number of hydrogen-bond donors (Lipinski definition) is 1. The number of pyridine rings is 1. The van der Waals surface area contributed by atoms with Crippen LogP contribution >= 0.6 is 0 Å². The minimum Gasteiger partial charge on any atom is -0.444 e. The molecular formula is C12H15FN2O2. The van der Waals surface area contributed by atoms with Crippen LogP contribution in [0.2, 0.25) is 0 Å². The van der Waals surface area contributed by atoms with Gasteiger partial charge in [-0.25, -0.2) is 9.18 Å². The van der Waals surface area contributed by atoms with E-state index in [1.165, 1.54) is 12.3 Å². The third kappa shape index (κ3) is 4.22. The molecule has 0 radical (unpaired) electrons. The van der Waals surface area contributed by atoms with E-state index in [1.54, 1.807) is 20.8 Å². The van der Waals surface area contributed by atoms with Crippen molar-refractivity contribution in [3.63, 3.8) is 0 Å². The van der Waals surface area contributed by atoms with E-state index < -0.39 is 17.5 Å². The molecule has 0 unspecified atom stereocenters. The fourth-order valence-electron chi connectivity index (χ4n) is 1.09. The number of anilines is 1. The van der Waals surface area contributed by atoms with Gasteiger partial charge >= 0.3 is 6.09 Å².